The Morgan fingerprint density at radius 3 is 1.89 bits per heavy atom. The maximum atomic E-state index is 9.42. The van der Waals surface area contributed by atoms with E-state index in [2.05, 4.69) is 72.8 Å². The van der Waals surface area contributed by atoms with Crippen molar-refractivity contribution in [2.24, 2.45) is 23.7 Å². The topological polar surface area (TPSA) is 62.5 Å². The van der Waals surface area contributed by atoms with Gasteiger partial charge in [-0.15, -0.1) is 0 Å². The molecular formula is C42H32N4. The molecule has 5 aliphatic carbocycles. The molecule has 4 nitrogen and oxygen atoms in total. The fourth-order valence-electron chi connectivity index (χ4n) is 10.2. The SMILES string of the molecule is N#Cc1ccc(-c2nc(-c3ccccc3)nc(-c3cccc4c3-c3c(ccc5ccccc35)C43C4CC5CC(C4)CC3C5)n2)cc1. The van der Waals surface area contributed by atoms with Crippen LogP contribution in [-0.4, -0.2) is 15.0 Å². The Hall–Kier alpha value is -5.14. The minimum Gasteiger partial charge on any atom is -0.208 e. The Morgan fingerprint density at radius 1 is 0.543 bits per heavy atom. The van der Waals surface area contributed by atoms with Crippen LogP contribution in [0.15, 0.2) is 109 Å². The summed E-state index contributed by atoms with van der Waals surface area (Å²) < 4.78 is 0. The van der Waals surface area contributed by atoms with Gasteiger partial charge in [0.25, 0.3) is 0 Å². The van der Waals surface area contributed by atoms with E-state index in [0.29, 0.717) is 34.9 Å². The molecule has 220 valence electrons. The molecule has 0 unspecified atom stereocenters. The summed E-state index contributed by atoms with van der Waals surface area (Å²) in [7, 11) is 0. The van der Waals surface area contributed by atoms with E-state index >= 15 is 0 Å². The summed E-state index contributed by atoms with van der Waals surface area (Å²) in [6.45, 7) is 0. The molecule has 0 radical (unpaired) electrons. The second kappa shape index (κ2) is 9.68. The van der Waals surface area contributed by atoms with Crippen LogP contribution in [0.3, 0.4) is 0 Å². The van der Waals surface area contributed by atoms with Crippen LogP contribution < -0.4 is 0 Å². The highest BCUT2D eigenvalue weighted by molar-refractivity contribution is 6.06. The van der Waals surface area contributed by atoms with E-state index < -0.39 is 0 Å². The van der Waals surface area contributed by atoms with Gasteiger partial charge in [0, 0.05) is 22.1 Å². The van der Waals surface area contributed by atoms with Crippen molar-refractivity contribution in [3.05, 3.63) is 126 Å². The molecule has 1 spiro atoms. The molecule has 4 saturated carbocycles. The molecule has 5 aromatic carbocycles. The minimum atomic E-state index is 0.0450. The number of hydrogen-bond acceptors (Lipinski definition) is 4. The van der Waals surface area contributed by atoms with Crippen LogP contribution in [0.25, 0.3) is 56.1 Å². The van der Waals surface area contributed by atoms with Crippen LogP contribution >= 0.6 is 0 Å². The maximum Gasteiger partial charge on any atom is 0.164 e. The Morgan fingerprint density at radius 2 is 1.17 bits per heavy atom. The van der Waals surface area contributed by atoms with Crippen LogP contribution in [0, 0.1) is 35.0 Å². The van der Waals surface area contributed by atoms with Gasteiger partial charge in [0.05, 0.1) is 11.6 Å². The van der Waals surface area contributed by atoms with E-state index in [9.17, 15) is 5.26 Å². The van der Waals surface area contributed by atoms with Gasteiger partial charge in [0.1, 0.15) is 0 Å². The smallest absolute Gasteiger partial charge is 0.164 e. The van der Waals surface area contributed by atoms with Crippen LogP contribution in [0.5, 0.6) is 0 Å². The summed E-state index contributed by atoms with van der Waals surface area (Å²) >= 11 is 0. The fourth-order valence-corrected chi connectivity index (χ4v) is 10.2. The van der Waals surface area contributed by atoms with Crippen molar-refractivity contribution < 1.29 is 0 Å². The fraction of sp³-hybridized carbons (Fsp3) is 0.238. The summed E-state index contributed by atoms with van der Waals surface area (Å²) in [4.78, 5) is 15.4. The second-order valence-corrected chi connectivity index (χ2v) is 14.0. The molecule has 0 atom stereocenters. The van der Waals surface area contributed by atoms with Gasteiger partial charge in [0.15, 0.2) is 17.5 Å². The first-order valence-electron chi connectivity index (χ1n) is 16.7. The molecule has 4 heteroatoms. The lowest BCUT2D eigenvalue weighted by molar-refractivity contribution is -0.0399. The van der Waals surface area contributed by atoms with Crippen molar-refractivity contribution in [2.75, 3.05) is 0 Å². The number of hydrogen-bond donors (Lipinski definition) is 0. The Balaban J connectivity index is 1.26. The predicted octanol–water partition coefficient (Wildman–Crippen LogP) is 9.62. The summed E-state index contributed by atoms with van der Waals surface area (Å²) in [5, 5.41) is 12.0. The average Bonchev–Trinajstić information content (AvgIpc) is 3.42. The van der Waals surface area contributed by atoms with Crippen molar-refractivity contribution in [1.82, 2.24) is 15.0 Å². The van der Waals surface area contributed by atoms with Gasteiger partial charge in [-0.2, -0.15) is 5.26 Å². The van der Waals surface area contributed by atoms with Gasteiger partial charge < -0.3 is 0 Å². The van der Waals surface area contributed by atoms with E-state index in [1.165, 1.54) is 65.1 Å². The van der Waals surface area contributed by atoms with Crippen molar-refractivity contribution >= 4 is 10.8 Å². The van der Waals surface area contributed by atoms with E-state index in [0.717, 1.165) is 28.5 Å². The standard InChI is InChI=1S/C42H32N4/c43-24-25-13-15-30(16-14-25)40-44-39(29-8-2-1-3-9-29)45-41(46-40)34-11-6-12-35-38(34)37-33-10-5-4-7-28(33)17-18-36(37)42(35)31-20-26-19-27(22-31)23-32(42)21-26/h1-18,26-27,31-32H,19-23H2. The van der Waals surface area contributed by atoms with Crippen molar-refractivity contribution in [3.8, 4) is 51.4 Å². The van der Waals surface area contributed by atoms with Crippen molar-refractivity contribution in [1.29, 1.82) is 5.26 Å². The Bertz CT molecular complexity index is 2200. The van der Waals surface area contributed by atoms with Gasteiger partial charge in [-0.1, -0.05) is 84.9 Å². The zero-order valence-electron chi connectivity index (χ0n) is 25.5. The number of aromatic nitrogens is 3. The number of rotatable bonds is 3. The maximum absolute atomic E-state index is 9.42. The molecular weight excluding hydrogens is 560 g/mol. The summed E-state index contributed by atoms with van der Waals surface area (Å²) in [5.41, 5.74) is 9.30. The third-order valence-electron chi connectivity index (χ3n) is 11.7. The van der Waals surface area contributed by atoms with E-state index in [1.54, 1.807) is 0 Å². The van der Waals surface area contributed by atoms with Gasteiger partial charge >= 0.3 is 0 Å². The molecule has 0 aliphatic heterocycles. The molecule has 0 N–H and O–H groups in total. The summed E-state index contributed by atoms with van der Waals surface area (Å²) in [6, 6.07) is 40.6. The quantitative estimate of drug-likeness (QED) is 0.205. The lowest BCUT2D eigenvalue weighted by Gasteiger charge is -2.61. The zero-order valence-corrected chi connectivity index (χ0v) is 25.5. The third kappa shape index (κ3) is 3.57. The molecule has 11 rings (SSSR count). The normalized spacial score (nSPS) is 25.0. The second-order valence-electron chi connectivity index (χ2n) is 14.0. The van der Waals surface area contributed by atoms with Gasteiger partial charge in [0.2, 0.25) is 0 Å². The third-order valence-corrected chi connectivity index (χ3v) is 11.7. The molecule has 5 aliphatic rings. The largest absolute Gasteiger partial charge is 0.208 e. The number of fused-ring (bicyclic) bond motifs is 5. The van der Waals surface area contributed by atoms with Crippen LogP contribution in [0.1, 0.15) is 48.8 Å². The molecule has 1 heterocycles. The first-order chi connectivity index (χ1) is 22.7. The summed E-state index contributed by atoms with van der Waals surface area (Å²) in [5.74, 6) is 5.09. The first kappa shape index (κ1) is 26.1. The predicted molar refractivity (Wildman–Crippen MR) is 182 cm³/mol. The molecule has 0 amide bonds. The molecule has 4 fully saturated rings. The summed E-state index contributed by atoms with van der Waals surface area (Å²) in [6.07, 6.45) is 6.81. The van der Waals surface area contributed by atoms with Crippen LogP contribution in [-0.2, 0) is 5.41 Å². The highest BCUT2D eigenvalue weighted by Gasteiger charge is 2.62. The van der Waals surface area contributed by atoms with Gasteiger partial charge in [-0.05, 0) is 113 Å². The van der Waals surface area contributed by atoms with Crippen LogP contribution in [0.4, 0.5) is 0 Å². The average molecular weight is 593 g/mol. The monoisotopic (exact) mass is 592 g/mol. The molecule has 1 aromatic heterocycles. The Labute approximate surface area is 268 Å². The van der Waals surface area contributed by atoms with Gasteiger partial charge in [-0.25, -0.2) is 15.0 Å². The highest BCUT2D eigenvalue weighted by Crippen LogP contribution is 2.70. The lowest BCUT2D eigenvalue weighted by atomic mass is 9.43. The van der Waals surface area contributed by atoms with Crippen molar-refractivity contribution in [2.45, 2.75) is 37.5 Å². The molecule has 6 aromatic rings. The molecule has 0 saturated heterocycles. The number of nitrogens with zero attached hydrogens (tertiary/aromatic N) is 4. The highest BCUT2D eigenvalue weighted by atomic mass is 15.0. The van der Waals surface area contributed by atoms with E-state index in [-0.39, 0.29) is 5.41 Å². The van der Waals surface area contributed by atoms with Crippen molar-refractivity contribution in [3.63, 3.8) is 0 Å². The van der Waals surface area contributed by atoms with Gasteiger partial charge in [-0.3, -0.25) is 0 Å². The number of nitriles is 1. The Kier molecular flexibility index (Phi) is 5.49. The minimum absolute atomic E-state index is 0.0450. The number of benzene rings is 5. The molecule has 4 bridgehead atoms. The lowest BCUT2D eigenvalue weighted by Crippen LogP contribution is -2.55. The zero-order chi connectivity index (χ0) is 30.4. The van der Waals surface area contributed by atoms with Crippen LogP contribution in [0.2, 0.25) is 0 Å². The van der Waals surface area contributed by atoms with E-state index in [1.807, 2.05) is 42.5 Å². The first-order valence-corrected chi connectivity index (χ1v) is 16.7. The van der Waals surface area contributed by atoms with E-state index in [4.69, 9.17) is 15.0 Å². The molecule has 46 heavy (non-hydrogen) atoms.